The Morgan fingerprint density at radius 2 is 2.00 bits per heavy atom. The van der Waals surface area contributed by atoms with E-state index in [1.54, 1.807) is 31.5 Å². The maximum absolute atomic E-state index is 12.1. The molecule has 2 rings (SSSR count). The summed E-state index contributed by atoms with van der Waals surface area (Å²) in [6, 6.07) is 7.10. The number of nitrogens with one attached hydrogen (secondary N) is 1. The first-order valence-corrected chi connectivity index (χ1v) is 6.94. The Labute approximate surface area is 127 Å². The van der Waals surface area contributed by atoms with E-state index in [0.29, 0.717) is 17.0 Å². The van der Waals surface area contributed by atoms with Crippen LogP contribution in [0.4, 0.5) is 5.69 Å². The molecule has 6 heteroatoms. The van der Waals surface area contributed by atoms with Gasteiger partial charge in [0, 0.05) is 21.3 Å². The molecule has 4 nitrogen and oxygen atoms in total. The largest absolute Gasteiger partial charge is 0.495 e. The molecular weight excluding hydrogens is 376 g/mol. The molecule has 0 radical (unpaired) electrons. The lowest BCUT2D eigenvalue weighted by Gasteiger charge is -2.10. The Balaban J connectivity index is 2.26. The quantitative estimate of drug-likeness (QED) is 0.872. The number of hydrogen-bond acceptors (Lipinski definition) is 3. The number of amides is 1. The van der Waals surface area contributed by atoms with Crippen molar-refractivity contribution in [1.82, 2.24) is 4.98 Å². The minimum absolute atomic E-state index is 0.245. The van der Waals surface area contributed by atoms with E-state index in [1.807, 2.05) is 6.07 Å². The van der Waals surface area contributed by atoms with E-state index in [1.165, 1.54) is 6.20 Å². The lowest BCUT2D eigenvalue weighted by molar-refractivity contribution is 0.102. The summed E-state index contributed by atoms with van der Waals surface area (Å²) in [5.41, 5.74) is 1.07. The normalized spacial score (nSPS) is 10.1. The maximum atomic E-state index is 12.1. The molecule has 0 saturated heterocycles. The van der Waals surface area contributed by atoms with Crippen LogP contribution in [0.1, 0.15) is 10.4 Å². The van der Waals surface area contributed by atoms with Gasteiger partial charge in [0.25, 0.3) is 5.91 Å². The molecule has 0 aliphatic carbocycles. The number of nitrogens with zero attached hydrogens (tertiary/aromatic N) is 1. The highest BCUT2D eigenvalue weighted by atomic mass is 79.9. The first kappa shape index (κ1) is 14.0. The van der Waals surface area contributed by atoms with E-state index < -0.39 is 0 Å². The van der Waals surface area contributed by atoms with Gasteiger partial charge in [0.05, 0.1) is 18.4 Å². The van der Waals surface area contributed by atoms with Crippen molar-refractivity contribution >= 4 is 43.5 Å². The van der Waals surface area contributed by atoms with Gasteiger partial charge >= 0.3 is 0 Å². The Hall–Kier alpha value is -1.40. The molecule has 98 valence electrons. The second-order valence-corrected chi connectivity index (χ2v) is 5.52. The van der Waals surface area contributed by atoms with Gasteiger partial charge in [0.1, 0.15) is 5.75 Å². The second kappa shape index (κ2) is 6.16. The predicted molar refractivity (Wildman–Crippen MR) is 80.6 cm³/mol. The van der Waals surface area contributed by atoms with Crippen molar-refractivity contribution < 1.29 is 9.53 Å². The van der Waals surface area contributed by atoms with E-state index in [2.05, 4.69) is 42.2 Å². The van der Waals surface area contributed by atoms with E-state index in [9.17, 15) is 4.79 Å². The van der Waals surface area contributed by atoms with Gasteiger partial charge in [-0.1, -0.05) is 15.9 Å². The van der Waals surface area contributed by atoms with Gasteiger partial charge < -0.3 is 10.1 Å². The molecule has 1 N–H and O–H groups in total. The summed E-state index contributed by atoms with van der Waals surface area (Å²) in [5, 5.41) is 2.79. The fraction of sp³-hybridized carbons (Fsp3) is 0.0769. The van der Waals surface area contributed by atoms with E-state index >= 15 is 0 Å². The fourth-order valence-corrected chi connectivity index (χ4v) is 2.23. The Morgan fingerprint density at radius 3 is 2.68 bits per heavy atom. The number of methoxy groups -OCH3 is 1. The molecule has 1 heterocycles. The van der Waals surface area contributed by atoms with Crippen LogP contribution < -0.4 is 10.1 Å². The third kappa shape index (κ3) is 3.54. The number of carbonyl (C=O) groups excluding carboxylic acids is 1. The molecule has 0 bridgehead atoms. The van der Waals surface area contributed by atoms with Crippen molar-refractivity contribution in [3.05, 3.63) is 51.2 Å². The minimum Gasteiger partial charge on any atom is -0.495 e. The fourth-order valence-electron chi connectivity index (χ4n) is 1.51. The standard InChI is InChI=1S/C13H10Br2N2O2/c1-19-12-3-2-9(14)5-11(12)17-13(18)8-4-10(15)7-16-6-8/h2-7H,1H3,(H,17,18). The SMILES string of the molecule is COc1ccc(Br)cc1NC(=O)c1cncc(Br)c1. The highest BCUT2D eigenvalue weighted by molar-refractivity contribution is 9.10. The summed E-state index contributed by atoms with van der Waals surface area (Å²) >= 11 is 6.64. The van der Waals surface area contributed by atoms with Gasteiger partial charge in [0.2, 0.25) is 0 Å². The number of aromatic nitrogens is 1. The van der Waals surface area contributed by atoms with Gasteiger partial charge in [-0.05, 0) is 40.2 Å². The van der Waals surface area contributed by atoms with Crippen LogP contribution >= 0.6 is 31.9 Å². The molecule has 0 saturated carbocycles. The molecule has 0 fully saturated rings. The van der Waals surface area contributed by atoms with Crippen LogP contribution in [0.5, 0.6) is 5.75 Å². The molecular formula is C13H10Br2N2O2. The van der Waals surface area contributed by atoms with Crippen LogP contribution in [-0.4, -0.2) is 18.0 Å². The summed E-state index contributed by atoms with van der Waals surface area (Å²) in [6.45, 7) is 0. The van der Waals surface area contributed by atoms with Gasteiger partial charge in [-0.2, -0.15) is 0 Å². The van der Waals surface area contributed by atoms with Crippen molar-refractivity contribution in [2.24, 2.45) is 0 Å². The summed E-state index contributed by atoms with van der Waals surface area (Å²) in [5.74, 6) is 0.352. The maximum Gasteiger partial charge on any atom is 0.257 e. The molecule has 1 amide bonds. The van der Waals surface area contributed by atoms with Crippen LogP contribution in [0.2, 0.25) is 0 Å². The monoisotopic (exact) mass is 384 g/mol. The summed E-state index contributed by atoms with van der Waals surface area (Å²) < 4.78 is 6.81. The van der Waals surface area contributed by atoms with E-state index in [0.717, 1.165) is 8.95 Å². The van der Waals surface area contributed by atoms with Crippen molar-refractivity contribution in [3.8, 4) is 5.75 Å². The molecule has 2 aromatic rings. The van der Waals surface area contributed by atoms with Crippen molar-refractivity contribution in [1.29, 1.82) is 0 Å². The number of carbonyl (C=O) groups is 1. The van der Waals surface area contributed by atoms with Crippen LogP contribution in [-0.2, 0) is 0 Å². The van der Waals surface area contributed by atoms with Crippen LogP contribution in [0.15, 0.2) is 45.6 Å². The smallest absolute Gasteiger partial charge is 0.257 e. The third-order valence-electron chi connectivity index (χ3n) is 2.38. The highest BCUT2D eigenvalue weighted by Crippen LogP contribution is 2.28. The molecule has 0 unspecified atom stereocenters. The van der Waals surface area contributed by atoms with E-state index in [-0.39, 0.29) is 5.91 Å². The molecule has 1 aromatic heterocycles. The molecule has 0 aliphatic rings. The summed E-state index contributed by atoms with van der Waals surface area (Å²) in [7, 11) is 1.56. The zero-order chi connectivity index (χ0) is 13.8. The number of halogens is 2. The Morgan fingerprint density at radius 1 is 1.21 bits per heavy atom. The molecule has 0 aliphatic heterocycles. The molecule has 0 atom stereocenters. The second-order valence-electron chi connectivity index (χ2n) is 3.69. The Bertz CT molecular complexity index is 617. The van der Waals surface area contributed by atoms with Crippen LogP contribution in [0, 0.1) is 0 Å². The van der Waals surface area contributed by atoms with Gasteiger partial charge in [-0.3, -0.25) is 9.78 Å². The van der Waals surface area contributed by atoms with Gasteiger partial charge in [-0.25, -0.2) is 0 Å². The Kier molecular flexibility index (Phi) is 4.55. The first-order valence-electron chi connectivity index (χ1n) is 5.35. The van der Waals surface area contributed by atoms with Crippen molar-refractivity contribution in [2.45, 2.75) is 0 Å². The number of benzene rings is 1. The molecule has 0 spiro atoms. The number of pyridine rings is 1. The first-order chi connectivity index (χ1) is 9.10. The minimum atomic E-state index is -0.245. The van der Waals surface area contributed by atoms with Gasteiger partial charge in [0.15, 0.2) is 0 Å². The molecule has 19 heavy (non-hydrogen) atoms. The van der Waals surface area contributed by atoms with Crippen LogP contribution in [0.3, 0.4) is 0 Å². The lowest BCUT2D eigenvalue weighted by atomic mass is 10.2. The van der Waals surface area contributed by atoms with Crippen molar-refractivity contribution in [2.75, 3.05) is 12.4 Å². The number of rotatable bonds is 3. The summed E-state index contributed by atoms with van der Waals surface area (Å²) in [4.78, 5) is 16.1. The van der Waals surface area contributed by atoms with Gasteiger partial charge in [-0.15, -0.1) is 0 Å². The number of anilines is 1. The lowest BCUT2D eigenvalue weighted by Crippen LogP contribution is -2.13. The van der Waals surface area contributed by atoms with Crippen molar-refractivity contribution in [3.63, 3.8) is 0 Å². The topological polar surface area (TPSA) is 51.2 Å². The number of hydrogen-bond donors (Lipinski definition) is 1. The average Bonchev–Trinajstić information content (AvgIpc) is 2.39. The average molecular weight is 386 g/mol. The summed E-state index contributed by atoms with van der Waals surface area (Å²) in [6.07, 6.45) is 3.13. The molecule has 1 aromatic carbocycles. The highest BCUT2D eigenvalue weighted by Gasteiger charge is 2.10. The number of ether oxygens (including phenoxy) is 1. The van der Waals surface area contributed by atoms with Crippen LogP contribution in [0.25, 0.3) is 0 Å². The third-order valence-corrected chi connectivity index (χ3v) is 3.30. The zero-order valence-electron chi connectivity index (χ0n) is 9.98. The van der Waals surface area contributed by atoms with E-state index in [4.69, 9.17) is 4.74 Å². The zero-order valence-corrected chi connectivity index (χ0v) is 13.2. The predicted octanol–water partition coefficient (Wildman–Crippen LogP) is 3.87.